The summed E-state index contributed by atoms with van der Waals surface area (Å²) in [5, 5.41) is 0. The van der Waals surface area contributed by atoms with Gasteiger partial charge in [0.1, 0.15) is 0 Å². The van der Waals surface area contributed by atoms with Crippen molar-refractivity contribution >= 4 is 5.78 Å². The summed E-state index contributed by atoms with van der Waals surface area (Å²) in [5.41, 5.74) is 7.63. The SMILES string of the molecule is COCC1(c2ccc(C(=O)CCN)cc2)CC1. The van der Waals surface area contributed by atoms with Crippen LogP contribution in [0.3, 0.4) is 0 Å². The maximum absolute atomic E-state index is 11.6. The number of carbonyl (C=O) groups is 1. The quantitative estimate of drug-likeness (QED) is 0.763. The number of carbonyl (C=O) groups excluding carboxylic acids is 1. The van der Waals surface area contributed by atoms with Crippen LogP contribution in [0, 0.1) is 0 Å². The predicted octanol–water partition coefficient (Wildman–Crippen LogP) is 1.90. The van der Waals surface area contributed by atoms with Gasteiger partial charge in [0.05, 0.1) is 6.61 Å². The van der Waals surface area contributed by atoms with Crippen LogP contribution in [0.15, 0.2) is 24.3 Å². The lowest BCUT2D eigenvalue weighted by Gasteiger charge is -2.14. The van der Waals surface area contributed by atoms with Gasteiger partial charge < -0.3 is 10.5 Å². The molecule has 3 heteroatoms. The lowest BCUT2D eigenvalue weighted by molar-refractivity contribution is 0.0985. The van der Waals surface area contributed by atoms with E-state index in [0.29, 0.717) is 13.0 Å². The monoisotopic (exact) mass is 233 g/mol. The topological polar surface area (TPSA) is 52.3 Å². The second-order valence-electron chi connectivity index (χ2n) is 4.75. The van der Waals surface area contributed by atoms with E-state index < -0.39 is 0 Å². The van der Waals surface area contributed by atoms with E-state index >= 15 is 0 Å². The summed E-state index contributed by atoms with van der Waals surface area (Å²) in [7, 11) is 1.74. The van der Waals surface area contributed by atoms with Gasteiger partial charge in [0.25, 0.3) is 0 Å². The number of rotatable bonds is 6. The number of hydrogen-bond acceptors (Lipinski definition) is 3. The van der Waals surface area contributed by atoms with Gasteiger partial charge in [-0.25, -0.2) is 0 Å². The van der Waals surface area contributed by atoms with Gasteiger partial charge in [0.2, 0.25) is 0 Å². The second-order valence-corrected chi connectivity index (χ2v) is 4.75. The molecule has 0 aromatic heterocycles. The smallest absolute Gasteiger partial charge is 0.164 e. The third kappa shape index (κ3) is 2.56. The summed E-state index contributed by atoms with van der Waals surface area (Å²) >= 11 is 0. The largest absolute Gasteiger partial charge is 0.384 e. The third-order valence-corrected chi connectivity index (χ3v) is 3.46. The highest BCUT2D eigenvalue weighted by atomic mass is 16.5. The van der Waals surface area contributed by atoms with E-state index in [1.54, 1.807) is 7.11 Å². The minimum atomic E-state index is 0.121. The molecule has 17 heavy (non-hydrogen) atoms. The van der Waals surface area contributed by atoms with Crippen LogP contribution in [0.25, 0.3) is 0 Å². The van der Waals surface area contributed by atoms with Crippen molar-refractivity contribution in [2.24, 2.45) is 5.73 Å². The number of ether oxygens (including phenoxy) is 1. The normalized spacial score (nSPS) is 16.8. The molecule has 0 spiro atoms. The van der Waals surface area contributed by atoms with Crippen molar-refractivity contribution in [3.63, 3.8) is 0 Å². The fourth-order valence-electron chi connectivity index (χ4n) is 2.23. The first-order valence-corrected chi connectivity index (χ1v) is 6.04. The van der Waals surface area contributed by atoms with E-state index in [0.717, 1.165) is 12.2 Å². The Kier molecular flexibility index (Phi) is 3.60. The Bertz CT molecular complexity index is 393. The molecule has 0 aliphatic heterocycles. The Morgan fingerprint density at radius 3 is 2.47 bits per heavy atom. The number of hydrogen-bond donors (Lipinski definition) is 1. The molecule has 0 atom stereocenters. The summed E-state index contributed by atoms with van der Waals surface area (Å²) in [5.74, 6) is 0.121. The fraction of sp³-hybridized carbons (Fsp3) is 0.500. The van der Waals surface area contributed by atoms with Crippen LogP contribution in [-0.4, -0.2) is 26.0 Å². The van der Waals surface area contributed by atoms with Crippen LogP contribution in [0.5, 0.6) is 0 Å². The average Bonchev–Trinajstić information content (AvgIpc) is 3.11. The fourth-order valence-corrected chi connectivity index (χ4v) is 2.23. The first kappa shape index (κ1) is 12.3. The van der Waals surface area contributed by atoms with Gasteiger partial charge in [-0.1, -0.05) is 24.3 Å². The molecule has 1 saturated carbocycles. The molecule has 1 aromatic carbocycles. The van der Waals surface area contributed by atoms with Crippen LogP contribution in [-0.2, 0) is 10.2 Å². The Labute approximate surface area is 102 Å². The highest BCUT2D eigenvalue weighted by Crippen LogP contribution is 2.48. The molecular weight excluding hydrogens is 214 g/mol. The molecule has 3 nitrogen and oxygen atoms in total. The van der Waals surface area contributed by atoms with E-state index in [9.17, 15) is 4.79 Å². The Morgan fingerprint density at radius 1 is 1.35 bits per heavy atom. The molecule has 0 unspecified atom stereocenters. The molecule has 2 N–H and O–H groups in total. The zero-order valence-electron chi connectivity index (χ0n) is 10.2. The van der Waals surface area contributed by atoms with Gasteiger partial charge in [-0.2, -0.15) is 0 Å². The maximum atomic E-state index is 11.6. The minimum absolute atomic E-state index is 0.121. The van der Waals surface area contributed by atoms with Crippen molar-refractivity contribution < 1.29 is 9.53 Å². The summed E-state index contributed by atoms with van der Waals surface area (Å²) in [4.78, 5) is 11.6. The molecule has 1 aliphatic carbocycles. The third-order valence-electron chi connectivity index (χ3n) is 3.46. The number of Topliss-reactive ketones (excluding diaryl/α,β-unsaturated/α-hetero) is 1. The van der Waals surface area contributed by atoms with Crippen molar-refractivity contribution in [2.75, 3.05) is 20.3 Å². The molecule has 0 radical (unpaired) electrons. The van der Waals surface area contributed by atoms with Gasteiger partial charge in [-0.05, 0) is 24.9 Å². The number of methoxy groups -OCH3 is 1. The van der Waals surface area contributed by atoms with Crippen LogP contribution >= 0.6 is 0 Å². The predicted molar refractivity (Wildman–Crippen MR) is 67.2 cm³/mol. The summed E-state index contributed by atoms with van der Waals surface area (Å²) in [6.07, 6.45) is 2.77. The molecule has 1 aromatic rings. The van der Waals surface area contributed by atoms with Crippen LogP contribution in [0.2, 0.25) is 0 Å². The molecule has 2 rings (SSSR count). The van der Waals surface area contributed by atoms with Crippen molar-refractivity contribution in [1.82, 2.24) is 0 Å². The molecule has 1 fully saturated rings. The van der Waals surface area contributed by atoms with E-state index in [-0.39, 0.29) is 11.2 Å². The van der Waals surface area contributed by atoms with Gasteiger partial charge in [-0.3, -0.25) is 4.79 Å². The summed E-state index contributed by atoms with van der Waals surface area (Å²) in [6.45, 7) is 1.18. The molecule has 1 aliphatic rings. The number of benzene rings is 1. The lowest BCUT2D eigenvalue weighted by Crippen LogP contribution is -2.14. The molecule has 92 valence electrons. The Morgan fingerprint density at radius 2 is 2.00 bits per heavy atom. The first-order chi connectivity index (χ1) is 8.22. The molecule has 0 bridgehead atoms. The van der Waals surface area contributed by atoms with Crippen molar-refractivity contribution in [2.45, 2.75) is 24.7 Å². The lowest BCUT2D eigenvalue weighted by atomic mass is 9.95. The average molecular weight is 233 g/mol. The number of nitrogens with two attached hydrogens (primary N) is 1. The molecular formula is C14H19NO2. The van der Waals surface area contributed by atoms with Crippen LogP contribution in [0.1, 0.15) is 35.2 Å². The summed E-state index contributed by atoms with van der Waals surface area (Å²) in [6, 6.07) is 7.91. The van der Waals surface area contributed by atoms with Crippen molar-refractivity contribution in [1.29, 1.82) is 0 Å². The molecule has 0 heterocycles. The highest BCUT2D eigenvalue weighted by molar-refractivity contribution is 5.96. The van der Waals surface area contributed by atoms with Gasteiger partial charge in [0.15, 0.2) is 5.78 Å². The number of ketones is 1. The second kappa shape index (κ2) is 4.98. The Hall–Kier alpha value is -1.19. The minimum Gasteiger partial charge on any atom is -0.384 e. The Balaban J connectivity index is 2.11. The van der Waals surface area contributed by atoms with Crippen LogP contribution < -0.4 is 5.73 Å². The van der Waals surface area contributed by atoms with Gasteiger partial charge in [0, 0.05) is 24.5 Å². The van der Waals surface area contributed by atoms with Gasteiger partial charge >= 0.3 is 0 Å². The molecule has 0 saturated heterocycles. The standard InChI is InChI=1S/C14H19NO2/c1-17-10-14(7-8-14)12-4-2-11(3-5-12)13(16)6-9-15/h2-5H,6-10,15H2,1H3. The maximum Gasteiger partial charge on any atom is 0.164 e. The van der Waals surface area contributed by atoms with E-state index in [2.05, 4.69) is 12.1 Å². The van der Waals surface area contributed by atoms with Crippen molar-refractivity contribution in [3.05, 3.63) is 35.4 Å². The highest BCUT2D eigenvalue weighted by Gasteiger charge is 2.44. The van der Waals surface area contributed by atoms with E-state index in [1.807, 2.05) is 12.1 Å². The zero-order valence-corrected chi connectivity index (χ0v) is 10.2. The summed E-state index contributed by atoms with van der Waals surface area (Å²) < 4.78 is 5.26. The van der Waals surface area contributed by atoms with E-state index in [1.165, 1.54) is 18.4 Å². The van der Waals surface area contributed by atoms with Gasteiger partial charge in [-0.15, -0.1) is 0 Å². The first-order valence-electron chi connectivity index (χ1n) is 6.04. The van der Waals surface area contributed by atoms with Crippen molar-refractivity contribution in [3.8, 4) is 0 Å². The van der Waals surface area contributed by atoms with E-state index in [4.69, 9.17) is 10.5 Å². The zero-order chi connectivity index (χ0) is 12.3. The molecule has 0 amide bonds. The van der Waals surface area contributed by atoms with Crippen LogP contribution in [0.4, 0.5) is 0 Å².